The first-order valence-electron chi connectivity index (χ1n) is 15.3. The lowest BCUT2D eigenvalue weighted by Gasteiger charge is -2.40. The van der Waals surface area contributed by atoms with E-state index in [1.165, 1.54) is 18.2 Å². The molecule has 1 saturated heterocycles. The number of benzene rings is 4. The number of carbonyl (C=O) groups is 1. The number of hydrogen-bond acceptors (Lipinski definition) is 6. The zero-order valence-corrected chi connectivity index (χ0v) is 25.7. The number of aromatic hydroxyl groups is 1. The highest BCUT2D eigenvalue weighted by Gasteiger charge is 2.27. The van der Waals surface area contributed by atoms with Crippen LogP contribution in [0.4, 0.5) is 5.69 Å². The lowest BCUT2D eigenvalue weighted by molar-refractivity contribution is 0.0951. The smallest absolute Gasteiger partial charge is 0.252 e. The van der Waals surface area contributed by atoms with Gasteiger partial charge in [0, 0.05) is 58.5 Å². The second-order valence-corrected chi connectivity index (χ2v) is 11.8. The molecule has 1 fully saturated rings. The number of guanidine groups is 2. The van der Waals surface area contributed by atoms with Crippen LogP contribution in [0.1, 0.15) is 49.0 Å². The molecule has 10 heteroatoms. The number of phenols is 1. The maximum atomic E-state index is 13.6. The molecule has 0 unspecified atom stereocenters. The van der Waals surface area contributed by atoms with E-state index in [0.29, 0.717) is 39.1 Å². The molecule has 2 atom stereocenters. The molecular weight excluding hydrogens is 580 g/mol. The Morgan fingerprint density at radius 3 is 2.43 bits per heavy atom. The average Bonchev–Trinajstić information content (AvgIpc) is 3.03. The number of phenolic OH excluding ortho intramolecular Hbond substituents is 1. The molecule has 1 amide bonds. The van der Waals surface area contributed by atoms with E-state index in [-0.39, 0.29) is 47.6 Å². The van der Waals surface area contributed by atoms with Crippen LogP contribution < -0.4 is 21.4 Å². The van der Waals surface area contributed by atoms with E-state index in [9.17, 15) is 14.7 Å². The average molecular weight is 617 g/mol. The van der Waals surface area contributed by atoms with E-state index in [4.69, 9.17) is 15.2 Å². The lowest BCUT2D eigenvalue weighted by atomic mass is 9.90. The summed E-state index contributed by atoms with van der Waals surface area (Å²) < 4.78 is 5.97. The van der Waals surface area contributed by atoms with Crippen molar-refractivity contribution in [1.82, 2.24) is 15.5 Å². The van der Waals surface area contributed by atoms with Crippen LogP contribution in [0.5, 0.6) is 5.75 Å². The van der Waals surface area contributed by atoms with Crippen LogP contribution in [-0.4, -0.2) is 39.9 Å². The van der Waals surface area contributed by atoms with Crippen molar-refractivity contribution >= 4 is 34.5 Å². The van der Waals surface area contributed by atoms with Gasteiger partial charge < -0.3 is 25.1 Å². The Morgan fingerprint density at radius 1 is 0.935 bits per heavy atom. The number of hydrogen-bond donors (Lipinski definition) is 6. The standard InChI is InChI=1S/C36H36N6O4/c1-21-6-5-7-22(2)42(21)36(38)41-35(37)40-24-12-10-23(11-13-24)20-39-34(45)28-9-4-3-8-27(28)33-29-16-14-25(43)18-31(29)46-32-19-26(44)15-17-30(32)33/h3-4,8-19,21-22,43H,5-7,20H2,1-2H3,(H,39,45)(H4,37,38,40,41)/t21-,22+. The number of piperidine rings is 1. The molecule has 2 aliphatic heterocycles. The third-order valence-corrected chi connectivity index (χ3v) is 8.49. The summed E-state index contributed by atoms with van der Waals surface area (Å²) in [6.45, 7) is 4.49. The molecule has 46 heavy (non-hydrogen) atoms. The number of carbonyl (C=O) groups excluding carboxylic acids is 1. The summed E-state index contributed by atoms with van der Waals surface area (Å²) in [4.78, 5) is 27.7. The van der Waals surface area contributed by atoms with Crippen molar-refractivity contribution < 1.29 is 14.3 Å². The maximum absolute atomic E-state index is 13.6. The van der Waals surface area contributed by atoms with Crippen molar-refractivity contribution in [3.05, 3.63) is 106 Å². The molecule has 3 aromatic carbocycles. The fourth-order valence-electron chi connectivity index (χ4n) is 6.25. The van der Waals surface area contributed by atoms with E-state index in [2.05, 4.69) is 29.8 Å². The number of amides is 1. The van der Waals surface area contributed by atoms with Gasteiger partial charge in [0.15, 0.2) is 17.3 Å². The Balaban J connectivity index is 1.16. The fourth-order valence-corrected chi connectivity index (χ4v) is 6.25. The second kappa shape index (κ2) is 12.8. The van der Waals surface area contributed by atoms with Crippen LogP contribution in [0.15, 0.2) is 94.1 Å². The number of nitrogens with zero attached hydrogens (tertiary/aromatic N) is 1. The van der Waals surface area contributed by atoms with Gasteiger partial charge in [0.25, 0.3) is 5.91 Å². The van der Waals surface area contributed by atoms with Crippen LogP contribution in [0.2, 0.25) is 0 Å². The van der Waals surface area contributed by atoms with Crippen molar-refractivity contribution in [2.45, 2.75) is 51.7 Å². The monoisotopic (exact) mass is 616 g/mol. The quantitative estimate of drug-likeness (QED) is 0.0766. The molecular formula is C36H36N6O4. The minimum Gasteiger partial charge on any atom is -0.508 e. The zero-order chi connectivity index (χ0) is 32.4. The highest BCUT2D eigenvalue weighted by atomic mass is 16.3. The lowest BCUT2D eigenvalue weighted by Crippen LogP contribution is -2.54. The van der Waals surface area contributed by atoms with Gasteiger partial charge >= 0.3 is 0 Å². The molecule has 6 rings (SSSR count). The summed E-state index contributed by atoms with van der Waals surface area (Å²) in [5.74, 6) is 0.352. The molecule has 3 aromatic rings. The summed E-state index contributed by atoms with van der Waals surface area (Å²) in [6, 6.07) is 24.5. The molecule has 1 aliphatic carbocycles. The summed E-state index contributed by atoms with van der Waals surface area (Å²) in [7, 11) is 0. The molecule has 234 valence electrons. The first kappa shape index (κ1) is 30.4. The van der Waals surface area contributed by atoms with E-state index in [0.717, 1.165) is 30.4 Å². The molecule has 0 saturated carbocycles. The SMILES string of the molecule is C[C@@H]1CCC[C@H](C)N1C(=N)NC(=N)Nc1ccc(CNC(=O)c2ccccc2-c2c3ccc(=O)cc-3oc3cc(O)ccc23)cc1. The Bertz CT molecular complexity index is 1960. The predicted octanol–water partition coefficient (Wildman–Crippen LogP) is 6.33. The molecule has 0 radical (unpaired) electrons. The molecule has 2 heterocycles. The first-order valence-corrected chi connectivity index (χ1v) is 15.3. The molecule has 0 aromatic heterocycles. The zero-order valence-electron chi connectivity index (χ0n) is 25.7. The maximum Gasteiger partial charge on any atom is 0.252 e. The highest BCUT2D eigenvalue weighted by molar-refractivity contribution is 6.09. The normalized spacial score (nSPS) is 16.3. The van der Waals surface area contributed by atoms with Crippen LogP contribution in [0.25, 0.3) is 33.4 Å². The molecule has 0 spiro atoms. The third-order valence-electron chi connectivity index (χ3n) is 8.49. The number of rotatable bonds is 5. The Kier molecular flexibility index (Phi) is 8.43. The number of anilines is 1. The van der Waals surface area contributed by atoms with Crippen molar-refractivity contribution in [3.63, 3.8) is 0 Å². The summed E-state index contributed by atoms with van der Waals surface area (Å²) in [5, 5.41) is 36.5. The van der Waals surface area contributed by atoms with Crippen molar-refractivity contribution in [2.24, 2.45) is 0 Å². The summed E-state index contributed by atoms with van der Waals surface area (Å²) in [5.41, 5.74) is 4.27. The Hall–Kier alpha value is -5.64. The van der Waals surface area contributed by atoms with Gasteiger partial charge in [0.2, 0.25) is 0 Å². The van der Waals surface area contributed by atoms with Gasteiger partial charge in [-0.2, -0.15) is 0 Å². The van der Waals surface area contributed by atoms with Crippen LogP contribution in [0.3, 0.4) is 0 Å². The first-order chi connectivity index (χ1) is 22.2. The van der Waals surface area contributed by atoms with Crippen LogP contribution in [0, 0.1) is 10.8 Å². The number of nitrogens with one attached hydrogen (secondary N) is 5. The molecule has 10 nitrogen and oxygen atoms in total. The number of fused-ring (bicyclic) bond motifs is 2. The second-order valence-electron chi connectivity index (χ2n) is 11.8. The van der Waals surface area contributed by atoms with E-state index in [1.807, 2.05) is 41.3 Å². The summed E-state index contributed by atoms with van der Waals surface area (Å²) >= 11 is 0. The van der Waals surface area contributed by atoms with Crippen molar-refractivity contribution in [2.75, 3.05) is 5.32 Å². The minimum absolute atomic E-state index is 0.0167. The predicted molar refractivity (Wildman–Crippen MR) is 181 cm³/mol. The Morgan fingerprint density at radius 2 is 1.67 bits per heavy atom. The minimum atomic E-state index is -0.273. The van der Waals surface area contributed by atoms with Gasteiger partial charge in [-0.05, 0) is 86.7 Å². The van der Waals surface area contributed by atoms with Gasteiger partial charge in [0.05, 0.1) is 0 Å². The Labute approximate surface area is 266 Å². The van der Waals surface area contributed by atoms with Crippen LogP contribution in [-0.2, 0) is 6.54 Å². The van der Waals surface area contributed by atoms with E-state index >= 15 is 0 Å². The topological polar surface area (TPSA) is 155 Å². The van der Waals surface area contributed by atoms with Gasteiger partial charge in [-0.1, -0.05) is 30.3 Å². The third kappa shape index (κ3) is 6.28. The van der Waals surface area contributed by atoms with Gasteiger partial charge in [-0.3, -0.25) is 25.7 Å². The highest BCUT2D eigenvalue weighted by Crippen LogP contribution is 2.41. The fraction of sp³-hybridized carbons (Fsp3) is 0.222. The van der Waals surface area contributed by atoms with Gasteiger partial charge in [-0.15, -0.1) is 0 Å². The summed E-state index contributed by atoms with van der Waals surface area (Å²) in [6.07, 6.45) is 3.21. The molecule has 6 N–H and O–H groups in total. The van der Waals surface area contributed by atoms with Crippen LogP contribution >= 0.6 is 0 Å². The van der Waals surface area contributed by atoms with Crippen molar-refractivity contribution in [1.29, 1.82) is 10.8 Å². The molecule has 3 aliphatic rings. The van der Waals surface area contributed by atoms with E-state index < -0.39 is 0 Å². The van der Waals surface area contributed by atoms with Crippen molar-refractivity contribution in [3.8, 4) is 28.2 Å². The number of likely N-dealkylation sites (tertiary alicyclic amines) is 1. The largest absolute Gasteiger partial charge is 0.508 e. The van der Waals surface area contributed by atoms with Gasteiger partial charge in [0.1, 0.15) is 17.1 Å². The van der Waals surface area contributed by atoms with E-state index in [1.54, 1.807) is 30.3 Å². The van der Waals surface area contributed by atoms with Gasteiger partial charge in [-0.25, -0.2) is 0 Å². The molecule has 0 bridgehead atoms.